The number of fused-ring (bicyclic) bond motifs is 2. The van der Waals surface area contributed by atoms with E-state index in [4.69, 9.17) is 22.1 Å². The molecular weight excluding hydrogens is 290 g/mol. The molecular formula is C14H12ClN5O. The molecule has 3 aromatic rings. The van der Waals surface area contributed by atoms with Crippen LogP contribution in [0.3, 0.4) is 0 Å². The molecule has 0 fully saturated rings. The first-order chi connectivity index (χ1) is 10.2. The van der Waals surface area contributed by atoms with Gasteiger partial charge in [-0.1, -0.05) is 11.6 Å². The topological polar surface area (TPSA) is 78.9 Å². The summed E-state index contributed by atoms with van der Waals surface area (Å²) in [5, 5.41) is 0.716. The smallest absolute Gasteiger partial charge is 0.165 e. The first kappa shape index (κ1) is 12.4. The van der Waals surface area contributed by atoms with Gasteiger partial charge in [-0.15, -0.1) is 0 Å². The van der Waals surface area contributed by atoms with E-state index in [9.17, 15) is 0 Å². The van der Waals surface area contributed by atoms with Gasteiger partial charge >= 0.3 is 0 Å². The van der Waals surface area contributed by atoms with Crippen molar-refractivity contribution in [2.24, 2.45) is 0 Å². The molecule has 0 atom stereocenters. The summed E-state index contributed by atoms with van der Waals surface area (Å²) >= 11 is 6.19. The standard InChI is InChI=1S/C14H12ClN5O/c15-10-3-8-1-2-21-12(8)9(4-10)5-20-7-19-11-13(16)17-6-18-14(11)20/h3-4,6-7H,1-2,5H2,(H2,16,17,18). The monoisotopic (exact) mass is 301 g/mol. The van der Waals surface area contributed by atoms with Gasteiger partial charge in [-0.05, 0) is 17.7 Å². The van der Waals surface area contributed by atoms with Gasteiger partial charge in [-0.3, -0.25) is 0 Å². The van der Waals surface area contributed by atoms with Crippen LogP contribution < -0.4 is 10.5 Å². The minimum atomic E-state index is 0.381. The van der Waals surface area contributed by atoms with E-state index in [1.165, 1.54) is 6.33 Å². The fourth-order valence-corrected chi connectivity index (χ4v) is 2.92. The minimum absolute atomic E-state index is 0.381. The molecule has 2 N–H and O–H groups in total. The number of nitrogens with two attached hydrogens (primary N) is 1. The fourth-order valence-electron chi connectivity index (χ4n) is 2.66. The van der Waals surface area contributed by atoms with Crippen molar-refractivity contribution in [1.82, 2.24) is 19.5 Å². The number of ether oxygens (including phenoxy) is 1. The Hall–Kier alpha value is -2.34. The van der Waals surface area contributed by atoms with Gasteiger partial charge in [-0.25, -0.2) is 15.0 Å². The van der Waals surface area contributed by atoms with Crippen LogP contribution in [0.4, 0.5) is 5.82 Å². The third-order valence-electron chi connectivity index (χ3n) is 3.60. The van der Waals surface area contributed by atoms with Gasteiger partial charge in [0.15, 0.2) is 11.5 Å². The van der Waals surface area contributed by atoms with E-state index in [0.717, 1.165) is 23.3 Å². The normalized spacial score (nSPS) is 13.4. The molecule has 1 aliphatic rings. The van der Waals surface area contributed by atoms with Crippen LogP contribution in [0.1, 0.15) is 11.1 Å². The Bertz CT molecular complexity index is 845. The van der Waals surface area contributed by atoms with E-state index < -0.39 is 0 Å². The van der Waals surface area contributed by atoms with Crippen molar-refractivity contribution in [3.8, 4) is 5.75 Å². The number of imidazole rings is 1. The van der Waals surface area contributed by atoms with E-state index in [2.05, 4.69) is 15.0 Å². The van der Waals surface area contributed by atoms with Crippen LogP contribution in [0.5, 0.6) is 5.75 Å². The Morgan fingerprint density at radius 2 is 2.19 bits per heavy atom. The highest BCUT2D eigenvalue weighted by Crippen LogP contribution is 2.33. The molecule has 0 radical (unpaired) electrons. The van der Waals surface area contributed by atoms with Gasteiger partial charge in [-0.2, -0.15) is 0 Å². The molecule has 0 amide bonds. The van der Waals surface area contributed by atoms with E-state index in [1.807, 2.05) is 16.7 Å². The zero-order valence-corrected chi connectivity index (χ0v) is 11.8. The number of rotatable bonds is 2. The molecule has 6 nitrogen and oxygen atoms in total. The van der Waals surface area contributed by atoms with Crippen molar-refractivity contribution in [2.75, 3.05) is 12.3 Å². The van der Waals surface area contributed by atoms with Gasteiger partial charge in [0.1, 0.15) is 17.6 Å². The van der Waals surface area contributed by atoms with E-state index >= 15 is 0 Å². The number of hydrogen-bond donors (Lipinski definition) is 1. The maximum atomic E-state index is 6.19. The third kappa shape index (κ3) is 1.99. The summed E-state index contributed by atoms with van der Waals surface area (Å²) in [6.07, 6.45) is 4.04. The minimum Gasteiger partial charge on any atom is -0.493 e. The van der Waals surface area contributed by atoms with Crippen LogP contribution in [0.2, 0.25) is 5.02 Å². The highest BCUT2D eigenvalue weighted by atomic mass is 35.5. The molecule has 0 unspecified atom stereocenters. The third-order valence-corrected chi connectivity index (χ3v) is 3.81. The maximum Gasteiger partial charge on any atom is 0.165 e. The molecule has 7 heteroatoms. The molecule has 21 heavy (non-hydrogen) atoms. The van der Waals surface area contributed by atoms with E-state index in [0.29, 0.717) is 35.2 Å². The quantitative estimate of drug-likeness (QED) is 0.783. The predicted molar refractivity (Wildman–Crippen MR) is 79.5 cm³/mol. The Labute approximate surface area is 125 Å². The average Bonchev–Trinajstić information content (AvgIpc) is 3.07. The van der Waals surface area contributed by atoms with Crippen LogP contribution in [0.15, 0.2) is 24.8 Å². The van der Waals surface area contributed by atoms with E-state index in [1.54, 1.807) is 6.33 Å². The predicted octanol–water partition coefficient (Wildman–Crippen LogP) is 2.05. The van der Waals surface area contributed by atoms with Crippen molar-refractivity contribution in [2.45, 2.75) is 13.0 Å². The second-order valence-electron chi connectivity index (χ2n) is 4.96. The lowest BCUT2D eigenvalue weighted by atomic mass is 10.1. The highest BCUT2D eigenvalue weighted by Gasteiger charge is 2.18. The summed E-state index contributed by atoms with van der Waals surface area (Å²) in [6.45, 7) is 1.28. The van der Waals surface area contributed by atoms with Gasteiger partial charge < -0.3 is 15.0 Å². The second-order valence-corrected chi connectivity index (χ2v) is 5.39. The Balaban J connectivity index is 1.81. The molecule has 0 bridgehead atoms. The molecule has 2 aromatic heterocycles. The molecule has 0 spiro atoms. The molecule has 1 aliphatic heterocycles. The summed E-state index contributed by atoms with van der Waals surface area (Å²) < 4.78 is 7.64. The Kier molecular flexibility index (Phi) is 2.71. The number of nitrogen functional groups attached to an aromatic ring is 1. The number of hydrogen-bond acceptors (Lipinski definition) is 5. The molecule has 3 heterocycles. The highest BCUT2D eigenvalue weighted by molar-refractivity contribution is 6.30. The van der Waals surface area contributed by atoms with Gasteiger partial charge in [0.25, 0.3) is 0 Å². The van der Waals surface area contributed by atoms with Gasteiger partial charge in [0.2, 0.25) is 0 Å². The molecule has 0 aliphatic carbocycles. The summed E-state index contributed by atoms with van der Waals surface area (Å²) in [5.74, 6) is 1.30. The van der Waals surface area contributed by atoms with Crippen LogP contribution in [-0.4, -0.2) is 26.1 Å². The molecule has 0 saturated heterocycles. The lowest BCUT2D eigenvalue weighted by molar-refractivity contribution is 0.353. The van der Waals surface area contributed by atoms with Crippen molar-refractivity contribution in [3.05, 3.63) is 40.9 Å². The number of benzene rings is 1. The van der Waals surface area contributed by atoms with Crippen molar-refractivity contribution < 1.29 is 4.74 Å². The number of anilines is 1. The summed E-state index contributed by atoms with van der Waals surface area (Å²) in [6, 6.07) is 3.88. The van der Waals surface area contributed by atoms with Gasteiger partial charge in [0, 0.05) is 17.0 Å². The SMILES string of the molecule is Nc1ncnc2c1ncn2Cc1cc(Cl)cc2c1OCC2. The van der Waals surface area contributed by atoms with Crippen LogP contribution in [0.25, 0.3) is 11.2 Å². The van der Waals surface area contributed by atoms with Crippen molar-refractivity contribution in [1.29, 1.82) is 0 Å². The van der Waals surface area contributed by atoms with Gasteiger partial charge in [0.05, 0.1) is 19.5 Å². The lowest BCUT2D eigenvalue weighted by Gasteiger charge is -2.10. The molecule has 0 saturated carbocycles. The van der Waals surface area contributed by atoms with Crippen molar-refractivity contribution in [3.63, 3.8) is 0 Å². The van der Waals surface area contributed by atoms with E-state index in [-0.39, 0.29) is 0 Å². The first-order valence-corrected chi connectivity index (χ1v) is 6.95. The molecule has 4 rings (SSSR count). The molecule has 1 aromatic carbocycles. The summed E-state index contributed by atoms with van der Waals surface area (Å²) in [5.41, 5.74) is 9.28. The maximum absolute atomic E-state index is 6.19. The largest absolute Gasteiger partial charge is 0.493 e. The number of aromatic nitrogens is 4. The zero-order chi connectivity index (χ0) is 14.4. The van der Waals surface area contributed by atoms with Crippen molar-refractivity contribution >= 4 is 28.6 Å². The second kappa shape index (κ2) is 4.60. The van der Waals surface area contributed by atoms with Crippen LogP contribution in [0, 0.1) is 0 Å². The number of halogens is 1. The van der Waals surface area contributed by atoms with Crippen LogP contribution >= 0.6 is 11.6 Å². The Morgan fingerprint density at radius 1 is 1.29 bits per heavy atom. The fraction of sp³-hybridized carbons (Fsp3) is 0.214. The first-order valence-electron chi connectivity index (χ1n) is 6.58. The summed E-state index contributed by atoms with van der Waals surface area (Å²) in [4.78, 5) is 12.5. The zero-order valence-electron chi connectivity index (χ0n) is 11.1. The Morgan fingerprint density at radius 3 is 3.10 bits per heavy atom. The average molecular weight is 302 g/mol. The summed E-state index contributed by atoms with van der Waals surface area (Å²) in [7, 11) is 0. The molecule has 106 valence electrons. The van der Waals surface area contributed by atoms with Crippen LogP contribution in [-0.2, 0) is 13.0 Å². The number of nitrogens with zero attached hydrogens (tertiary/aromatic N) is 4. The lowest BCUT2D eigenvalue weighted by Crippen LogP contribution is -2.02.